The topological polar surface area (TPSA) is 65.0 Å². The van der Waals surface area contributed by atoms with Crippen molar-refractivity contribution in [2.45, 2.75) is 12.5 Å². The zero-order chi connectivity index (χ0) is 15.4. The molecule has 0 aliphatic carbocycles. The molecule has 2 aliphatic heterocycles. The maximum Gasteiger partial charge on any atom is 0.224 e. The highest BCUT2D eigenvalue weighted by atomic mass is 16.5. The molecule has 2 N–H and O–H groups in total. The highest BCUT2D eigenvalue weighted by Gasteiger charge is 2.24. The van der Waals surface area contributed by atoms with E-state index in [1.54, 1.807) is 12.1 Å². The Morgan fingerprint density at radius 2 is 1.95 bits per heavy atom. The number of aromatic hydroxyl groups is 1. The molecule has 2 heterocycles. The van der Waals surface area contributed by atoms with Crippen molar-refractivity contribution in [2.24, 2.45) is 0 Å². The summed E-state index contributed by atoms with van der Waals surface area (Å²) in [5.41, 5.74) is 1.09. The van der Waals surface area contributed by atoms with Gasteiger partial charge in [0, 0.05) is 50.9 Å². The summed E-state index contributed by atoms with van der Waals surface area (Å²) in [7, 11) is 0. The van der Waals surface area contributed by atoms with Gasteiger partial charge in [-0.25, -0.2) is 0 Å². The van der Waals surface area contributed by atoms with E-state index in [4.69, 9.17) is 4.74 Å². The zero-order valence-corrected chi connectivity index (χ0v) is 12.7. The minimum absolute atomic E-state index is 0.149. The first kappa shape index (κ1) is 15.1. The molecule has 120 valence electrons. The van der Waals surface area contributed by atoms with Crippen LogP contribution in [0.1, 0.15) is 6.42 Å². The highest BCUT2D eigenvalue weighted by Crippen LogP contribution is 2.20. The Balaban J connectivity index is 1.48. The number of nitrogens with one attached hydrogen (secondary N) is 1. The van der Waals surface area contributed by atoms with Crippen molar-refractivity contribution in [3.8, 4) is 5.75 Å². The molecule has 3 rings (SSSR count). The van der Waals surface area contributed by atoms with Crippen LogP contribution in [0.5, 0.6) is 5.75 Å². The van der Waals surface area contributed by atoms with Gasteiger partial charge >= 0.3 is 0 Å². The zero-order valence-electron chi connectivity index (χ0n) is 12.7. The summed E-state index contributed by atoms with van der Waals surface area (Å²) in [5, 5.41) is 12.7. The Bertz CT molecular complexity index is 492. The van der Waals surface area contributed by atoms with E-state index in [0.29, 0.717) is 13.0 Å². The number of hydrogen-bond acceptors (Lipinski definition) is 5. The van der Waals surface area contributed by atoms with E-state index in [2.05, 4.69) is 10.2 Å². The number of morpholine rings is 1. The minimum atomic E-state index is 0.149. The van der Waals surface area contributed by atoms with Crippen molar-refractivity contribution in [3.63, 3.8) is 0 Å². The van der Waals surface area contributed by atoms with Gasteiger partial charge in [0.2, 0.25) is 5.91 Å². The number of carbonyl (C=O) groups is 1. The van der Waals surface area contributed by atoms with Crippen LogP contribution in [0.2, 0.25) is 0 Å². The van der Waals surface area contributed by atoms with Crippen molar-refractivity contribution < 1.29 is 14.6 Å². The second kappa shape index (κ2) is 6.98. The fourth-order valence-electron chi connectivity index (χ4n) is 2.97. The number of nitrogens with zero attached hydrogens (tertiary/aromatic N) is 2. The third kappa shape index (κ3) is 3.69. The van der Waals surface area contributed by atoms with E-state index in [-0.39, 0.29) is 17.7 Å². The van der Waals surface area contributed by atoms with Crippen LogP contribution in [-0.2, 0) is 9.53 Å². The molecule has 0 spiro atoms. The van der Waals surface area contributed by atoms with Crippen LogP contribution < -0.4 is 10.2 Å². The molecule has 2 aliphatic rings. The molecule has 0 bridgehead atoms. The molecular weight excluding hydrogens is 282 g/mol. The first-order valence-electron chi connectivity index (χ1n) is 7.85. The van der Waals surface area contributed by atoms with Gasteiger partial charge in [0.15, 0.2) is 0 Å². The molecule has 2 saturated heterocycles. The SMILES string of the molecule is O=C(CC1COCCN1)N1CCN(c2ccc(O)cc2)CC1. The predicted octanol–water partition coefficient (Wildman–Crippen LogP) is 0.419. The Morgan fingerprint density at radius 3 is 2.59 bits per heavy atom. The van der Waals surface area contributed by atoms with Gasteiger partial charge in [-0.3, -0.25) is 4.79 Å². The number of rotatable bonds is 3. The lowest BCUT2D eigenvalue weighted by atomic mass is 10.1. The number of amides is 1. The number of carbonyl (C=O) groups excluding carboxylic acids is 1. The van der Waals surface area contributed by atoms with Crippen molar-refractivity contribution in [2.75, 3.05) is 50.8 Å². The van der Waals surface area contributed by atoms with E-state index in [0.717, 1.165) is 45.0 Å². The Hall–Kier alpha value is -1.79. The lowest BCUT2D eigenvalue weighted by Crippen LogP contribution is -2.51. The van der Waals surface area contributed by atoms with Gasteiger partial charge < -0.3 is 25.0 Å². The maximum atomic E-state index is 12.3. The monoisotopic (exact) mass is 305 g/mol. The van der Waals surface area contributed by atoms with Crippen LogP contribution in [0.3, 0.4) is 0 Å². The largest absolute Gasteiger partial charge is 0.508 e. The first-order valence-corrected chi connectivity index (χ1v) is 7.85. The molecule has 1 unspecified atom stereocenters. The standard InChI is InChI=1S/C16H23N3O3/c20-15-3-1-14(2-4-15)18-6-8-19(9-7-18)16(21)11-13-12-22-10-5-17-13/h1-4,13,17,20H,5-12H2. The van der Waals surface area contributed by atoms with Crippen LogP contribution in [0.4, 0.5) is 5.69 Å². The average Bonchev–Trinajstić information content (AvgIpc) is 2.57. The molecule has 1 aromatic rings. The summed E-state index contributed by atoms with van der Waals surface area (Å²) < 4.78 is 5.39. The van der Waals surface area contributed by atoms with E-state index in [1.807, 2.05) is 17.0 Å². The lowest BCUT2D eigenvalue weighted by Gasteiger charge is -2.37. The van der Waals surface area contributed by atoms with Crippen LogP contribution in [0, 0.1) is 0 Å². The quantitative estimate of drug-likeness (QED) is 0.847. The third-order valence-corrected chi connectivity index (χ3v) is 4.27. The normalized spacial score (nSPS) is 22.6. The van der Waals surface area contributed by atoms with Crippen LogP contribution in [-0.4, -0.2) is 67.9 Å². The van der Waals surface area contributed by atoms with E-state index < -0.39 is 0 Å². The average molecular weight is 305 g/mol. The Labute approximate surface area is 130 Å². The van der Waals surface area contributed by atoms with Gasteiger partial charge in [0.1, 0.15) is 5.75 Å². The summed E-state index contributed by atoms with van der Waals surface area (Å²) in [6, 6.07) is 7.37. The number of anilines is 1. The van der Waals surface area contributed by atoms with E-state index in [9.17, 15) is 9.90 Å². The number of phenols is 1. The van der Waals surface area contributed by atoms with Gasteiger partial charge in [0.25, 0.3) is 0 Å². The van der Waals surface area contributed by atoms with Crippen LogP contribution in [0.15, 0.2) is 24.3 Å². The number of hydrogen-bond donors (Lipinski definition) is 2. The maximum absolute atomic E-state index is 12.3. The summed E-state index contributed by atoms with van der Waals surface area (Å²) in [6.45, 7) is 5.32. The van der Waals surface area contributed by atoms with Gasteiger partial charge in [-0.05, 0) is 24.3 Å². The molecule has 6 heteroatoms. The summed E-state index contributed by atoms with van der Waals surface area (Å²) in [5.74, 6) is 0.480. The Kier molecular flexibility index (Phi) is 4.80. The first-order chi connectivity index (χ1) is 10.7. The van der Waals surface area contributed by atoms with Crippen molar-refractivity contribution in [1.29, 1.82) is 0 Å². The predicted molar refractivity (Wildman–Crippen MR) is 84.1 cm³/mol. The molecule has 1 atom stereocenters. The fourth-order valence-corrected chi connectivity index (χ4v) is 2.97. The van der Waals surface area contributed by atoms with Crippen LogP contribution in [0.25, 0.3) is 0 Å². The lowest BCUT2D eigenvalue weighted by molar-refractivity contribution is -0.132. The van der Waals surface area contributed by atoms with Crippen molar-refractivity contribution >= 4 is 11.6 Å². The highest BCUT2D eigenvalue weighted by molar-refractivity contribution is 5.77. The molecule has 0 saturated carbocycles. The Morgan fingerprint density at radius 1 is 1.23 bits per heavy atom. The molecular formula is C16H23N3O3. The number of phenolic OH excluding ortho intramolecular Hbond substituents is 1. The second-order valence-electron chi connectivity index (χ2n) is 5.81. The molecule has 1 amide bonds. The van der Waals surface area contributed by atoms with E-state index >= 15 is 0 Å². The van der Waals surface area contributed by atoms with Gasteiger partial charge in [0.05, 0.1) is 13.2 Å². The van der Waals surface area contributed by atoms with Gasteiger partial charge in [-0.1, -0.05) is 0 Å². The molecule has 2 fully saturated rings. The smallest absolute Gasteiger partial charge is 0.224 e. The molecule has 22 heavy (non-hydrogen) atoms. The summed E-state index contributed by atoms with van der Waals surface area (Å²) in [4.78, 5) is 16.5. The minimum Gasteiger partial charge on any atom is -0.508 e. The molecule has 1 aromatic carbocycles. The number of ether oxygens (including phenoxy) is 1. The number of benzene rings is 1. The summed E-state index contributed by atoms with van der Waals surface area (Å²) >= 11 is 0. The third-order valence-electron chi connectivity index (χ3n) is 4.27. The second-order valence-corrected chi connectivity index (χ2v) is 5.81. The van der Waals surface area contributed by atoms with Gasteiger partial charge in [-0.2, -0.15) is 0 Å². The van der Waals surface area contributed by atoms with Crippen molar-refractivity contribution in [1.82, 2.24) is 10.2 Å². The van der Waals surface area contributed by atoms with Crippen molar-refractivity contribution in [3.05, 3.63) is 24.3 Å². The fraction of sp³-hybridized carbons (Fsp3) is 0.562. The van der Waals surface area contributed by atoms with E-state index in [1.165, 1.54) is 0 Å². The number of piperazine rings is 1. The molecule has 0 radical (unpaired) electrons. The van der Waals surface area contributed by atoms with Crippen LogP contribution >= 0.6 is 0 Å². The summed E-state index contributed by atoms with van der Waals surface area (Å²) in [6.07, 6.45) is 0.513. The molecule has 6 nitrogen and oxygen atoms in total. The molecule has 0 aromatic heterocycles. The van der Waals surface area contributed by atoms with Gasteiger partial charge in [-0.15, -0.1) is 0 Å².